The number of hydrogen-bond donors (Lipinski definition) is 0. The van der Waals surface area contributed by atoms with Crippen molar-refractivity contribution in [3.63, 3.8) is 0 Å². The number of ketones is 1. The van der Waals surface area contributed by atoms with Crippen molar-refractivity contribution in [2.75, 3.05) is 6.61 Å². The van der Waals surface area contributed by atoms with Gasteiger partial charge in [-0.1, -0.05) is 30.3 Å². The Morgan fingerprint density at radius 1 is 1.12 bits per heavy atom. The molecule has 3 nitrogen and oxygen atoms in total. The van der Waals surface area contributed by atoms with Gasteiger partial charge in [-0.25, -0.2) is 4.98 Å². The van der Waals surface area contributed by atoms with Crippen LogP contribution in [0.3, 0.4) is 0 Å². The highest BCUT2D eigenvalue weighted by atomic mass is 32.1. The Kier molecular flexibility index (Phi) is 5.18. The summed E-state index contributed by atoms with van der Waals surface area (Å²) in [6.45, 7) is 2.54. The zero-order valence-electron chi connectivity index (χ0n) is 13.3. The first-order valence-corrected chi connectivity index (χ1v) is 8.60. The van der Waals surface area contributed by atoms with Crippen molar-refractivity contribution in [2.45, 2.75) is 6.92 Å². The van der Waals surface area contributed by atoms with Gasteiger partial charge in [-0.2, -0.15) is 0 Å². The molecule has 0 aliphatic carbocycles. The fourth-order valence-electron chi connectivity index (χ4n) is 2.23. The van der Waals surface area contributed by atoms with E-state index in [2.05, 4.69) is 4.98 Å². The Morgan fingerprint density at radius 2 is 1.88 bits per heavy atom. The number of nitrogens with zero attached hydrogens (tertiary/aromatic N) is 1. The van der Waals surface area contributed by atoms with E-state index in [0.29, 0.717) is 12.2 Å². The zero-order valence-corrected chi connectivity index (χ0v) is 14.1. The van der Waals surface area contributed by atoms with Gasteiger partial charge in [-0.3, -0.25) is 4.79 Å². The number of benzene rings is 2. The predicted molar refractivity (Wildman–Crippen MR) is 98.5 cm³/mol. The Labute approximate surface area is 145 Å². The Bertz CT molecular complexity index is 836. The van der Waals surface area contributed by atoms with E-state index in [1.165, 1.54) is 11.3 Å². The van der Waals surface area contributed by atoms with Crippen LogP contribution in [0.15, 0.2) is 66.1 Å². The largest absolute Gasteiger partial charge is 0.494 e. The third-order valence-electron chi connectivity index (χ3n) is 3.42. The van der Waals surface area contributed by atoms with Crippen molar-refractivity contribution in [3.8, 4) is 17.0 Å². The van der Waals surface area contributed by atoms with E-state index in [1.807, 2.05) is 54.8 Å². The summed E-state index contributed by atoms with van der Waals surface area (Å²) in [5.74, 6) is 0.722. The van der Waals surface area contributed by atoms with Gasteiger partial charge in [-0.05, 0) is 43.3 Å². The number of aromatic nitrogens is 1. The smallest absolute Gasteiger partial charge is 0.185 e. The molecule has 0 saturated carbocycles. The summed E-state index contributed by atoms with van der Waals surface area (Å²) in [6.07, 6.45) is 3.32. The molecule has 0 unspecified atom stereocenters. The molecule has 3 aromatic rings. The minimum Gasteiger partial charge on any atom is -0.494 e. The average Bonchev–Trinajstić information content (AvgIpc) is 3.10. The first-order valence-electron chi connectivity index (χ1n) is 7.72. The second-order valence-corrected chi connectivity index (χ2v) is 5.98. The molecule has 4 heteroatoms. The monoisotopic (exact) mass is 335 g/mol. The number of carbonyl (C=O) groups is 1. The number of allylic oxidation sites excluding steroid dienone is 1. The van der Waals surface area contributed by atoms with Crippen LogP contribution < -0.4 is 4.74 Å². The van der Waals surface area contributed by atoms with Crippen molar-refractivity contribution in [3.05, 3.63) is 76.6 Å². The van der Waals surface area contributed by atoms with Crippen LogP contribution in [0.1, 0.15) is 22.3 Å². The highest BCUT2D eigenvalue weighted by Crippen LogP contribution is 2.22. The van der Waals surface area contributed by atoms with Crippen LogP contribution >= 0.6 is 11.3 Å². The van der Waals surface area contributed by atoms with Gasteiger partial charge in [0.05, 0.1) is 12.3 Å². The summed E-state index contributed by atoms with van der Waals surface area (Å²) in [6, 6.07) is 17.2. The van der Waals surface area contributed by atoms with Gasteiger partial charge in [0.15, 0.2) is 5.78 Å². The van der Waals surface area contributed by atoms with E-state index in [-0.39, 0.29) is 5.78 Å². The molecule has 1 heterocycles. The Morgan fingerprint density at radius 3 is 2.58 bits per heavy atom. The minimum atomic E-state index is -0.0468. The summed E-state index contributed by atoms with van der Waals surface area (Å²) in [7, 11) is 0. The minimum absolute atomic E-state index is 0.0468. The second-order valence-electron chi connectivity index (χ2n) is 5.09. The maximum absolute atomic E-state index is 12.2. The van der Waals surface area contributed by atoms with E-state index < -0.39 is 0 Å². The van der Waals surface area contributed by atoms with E-state index in [1.54, 1.807) is 24.3 Å². The van der Waals surface area contributed by atoms with Crippen LogP contribution in [0.2, 0.25) is 0 Å². The molecule has 0 bridgehead atoms. The van der Waals surface area contributed by atoms with Crippen molar-refractivity contribution < 1.29 is 9.53 Å². The zero-order chi connectivity index (χ0) is 16.8. The molecular formula is C20H17NO2S. The van der Waals surface area contributed by atoms with E-state index in [0.717, 1.165) is 22.0 Å². The molecule has 0 saturated heterocycles. The molecule has 0 aliphatic heterocycles. The average molecular weight is 335 g/mol. The molecular weight excluding hydrogens is 318 g/mol. The highest BCUT2D eigenvalue weighted by Gasteiger charge is 2.04. The maximum atomic E-state index is 12.2. The third kappa shape index (κ3) is 3.97. The standard InChI is InChI=1S/C20H17NO2S/c1-2-23-17-10-8-16(9-11-17)19(22)12-13-20-21-18(14-24-20)15-6-4-3-5-7-15/h3-14H,2H2,1H3/b13-12-. The topological polar surface area (TPSA) is 39.2 Å². The molecule has 24 heavy (non-hydrogen) atoms. The number of thiazole rings is 1. The molecule has 0 spiro atoms. The molecule has 1 aromatic heterocycles. The highest BCUT2D eigenvalue weighted by molar-refractivity contribution is 7.10. The predicted octanol–water partition coefficient (Wildman–Crippen LogP) is 5.10. The lowest BCUT2D eigenvalue weighted by Crippen LogP contribution is -1.95. The van der Waals surface area contributed by atoms with Gasteiger partial charge in [0.25, 0.3) is 0 Å². The molecule has 0 amide bonds. The van der Waals surface area contributed by atoms with Crippen molar-refractivity contribution in [1.29, 1.82) is 0 Å². The van der Waals surface area contributed by atoms with Gasteiger partial charge in [-0.15, -0.1) is 11.3 Å². The van der Waals surface area contributed by atoms with Gasteiger partial charge in [0.1, 0.15) is 10.8 Å². The van der Waals surface area contributed by atoms with Crippen molar-refractivity contribution in [1.82, 2.24) is 4.98 Å². The van der Waals surface area contributed by atoms with Crippen LogP contribution in [0.25, 0.3) is 17.3 Å². The van der Waals surface area contributed by atoms with Crippen LogP contribution in [0, 0.1) is 0 Å². The third-order valence-corrected chi connectivity index (χ3v) is 4.23. The van der Waals surface area contributed by atoms with Crippen molar-refractivity contribution in [2.24, 2.45) is 0 Å². The first kappa shape index (κ1) is 16.1. The Balaban J connectivity index is 1.69. The molecule has 0 N–H and O–H groups in total. The normalized spacial score (nSPS) is 10.9. The quantitative estimate of drug-likeness (QED) is 0.464. The lowest BCUT2D eigenvalue weighted by molar-refractivity contribution is 0.104. The molecule has 0 aliphatic rings. The second kappa shape index (κ2) is 7.70. The SMILES string of the molecule is CCOc1ccc(C(=O)/C=C\c2nc(-c3ccccc3)cs2)cc1. The van der Waals surface area contributed by atoms with Crippen LogP contribution in [0.5, 0.6) is 5.75 Å². The van der Waals surface area contributed by atoms with E-state index >= 15 is 0 Å². The lowest BCUT2D eigenvalue weighted by atomic mass is 10.1. The molecule has 120 valence electrons. The molecule has 0 fully saturated rings. The van der Waals surface area contributed by atoms with Gasteiger partial charge in [0.2, 0.25) is 0 Å². The van der Waals surface area contributed by atoms with Crippen LogP contribution in [-0.4, -0.2) is 17.4 Å². The van der Waals surface area contributed by atoms with Crippen molar-refractivity contribution >= 4 is 23.2 Å². The molecule has 2 aromatic carbocycles. The molecule has 0 atom stereocenters. The molecule has 0 radical (unpaired) electrons. The number of hydrogen-bond acceptors (Lipinski definition) is 4. The van der Waals surface area contributed by atoms with Crippen LogP contribution in [0.4, 0.5) is 0 Å². The Hall–Kier alpha value is -2.72. The summed E-state index contributed by atoms with van der Waals surface area (Å²) >= 11 is 1.52. The summed E-state index contributed by atoms with van der Waals surface area (Å²) < 4.78 is 5.38. The van der Waals surface area contributed by atoms with Crippen LogP contribution in [-0.2, 0) is 0 Å². The fraction of sp³-hybridized carbons (Fsp3) is 0.100. The lowest BCUT2D eigenvalue weighted by Gasteiger charge is -2.02. The van der Waals surface area contributed by atoms with Gasteiger partial charge in [0, 0.05) is 16.5 Å². The molecule has 3 rings (SSSR count). The first-order chi connectivity index (χ1) is 11.8. The van der Waals surface area contributed by atoms with E-state index in [9.17, 15) is 4.79 Å². The summed E-state index contributed by atoms with van der Waals surface area (Å²) in [5, 5.41) is 2.81. The summed E-state index contributed by atoms with van der Waals surface area (Å²) in [5.41, 5.74) is 2.63. The van der Waals surface area contributed by atoms with Gasteiger partial charge < -0.3 is 4.74 Å². The maximum Gasteiger partial charge on any atom is 0.185 e. The fourth-order valence-corrected chi connectivity index (χ4v) is 2.95. The number of ether oxygens (including phenoxy) is 1. The number of rotatable bonds is 6. The summed E-state index contributed by atoms with van der Waals surface area (Å²) in [4.78, 5) is 16.8. The van der Waals surface area contributed by atoms with E-state index in [4.69, 9.17) is 4.74 Å². The number of carbonyl (C=O) groups excluding carboxylic acids is 1. The van der Waals surface area contributed by atoms with Gasteiger partial charge >= 0.3 is 0 Å².